The van der Waals surface area contributed by atoms with E-state index in [9.17, 15) is 4.79 Å². The van der Waals surface area contributed by atoms with Gasteiger partial charge in [-0.15, -0.1) is 0 Å². The van der Waals surface area contributed by atoms with Gasteiger partial charge in [0.05, 0.1) is 12.5 Å². The van der Waals surface area contributed by atoms with Gasteiger partial charge in [0.15, 0.2) is 0 Å². The molecule has 0 atom stereocenters. The number of rotatable bonds is 7. The molecule has 0 aromatic carbocycles. The van der Waals surface area contributed by atoms with Crippen LogP contribution < -0.4 is 5.32 Å². The van der Waals surface area contributed by atoms with Crippen molar-refractivity contribution >= 4 is 17.2 Å². The summed E-state index contributed by atoms with van der Waals surface area (Å²) in [5.41, 5.74) is 1.10. The lowest BCUT2D eigenvalue weighted by atomic mass is 9.98. The van der Waals surface area contributed by atoms with Gasteiger partial charge >= 0.3 is 0 Å². The predicted octanol–water partition coefficient (Wildman–Crippen LogP) is 3.15. The SMILES string of the molecule is O=C(Cc1ccsc1)NCCCOC1CCCCC1. The maximum atomic E-state index is 11.6. The van der Waals surface area contributed by atoms with Crippen molar-refractivity contribution in [3.63, 3.8) is 0 Å². The largest absolute Gasteiger partial charge is 0.378 e. The summed E-state index contributed by atoms with van der Waals surface area (Å²) in [7, 11) is 0. The minimum atomic E-state index is 0.107. The lowest BCUT2D eigenvalue weighted by molar-refractivity contribution is -0.120. The van der Waals surface area contributed by atoms with Gasteiger partial charge in [0, 0.05) is 13.2 Å². The first-order valence-corrected chi connectivity index (χ1v) is 8.18. The third-order valence-electron chi connectivity index (χ3n) is 3.49. The fraction of sp³-hybridized carbons (Fsp3) is 0.667. The maximum absolute atomic E-state index is 11.6. The summed E-state index contributed by atoms with van der Waals surface area (Å²) in [5.74, 6) is 0.107. The van der Waals surface area contributed by atoms with E-state index >= 15 is 0 Å². The van der Waals surface area contributed by atoms with Crippen LogP contribution in [-0.4, -0.2) is 25.2 Å². The molecule has 4 heteroatoms. The second kappa shape index (κ2) is 8.33. The molecule has 1 aliphatic carbocycles. The van der Waals surface area contributed by atoms with Crippen LogP contribution in [0.4, 0.5) is 0 Å². The quantitative estimate of drug-likeness (QED) is 0.780. The molecule has 1 amide bonds. The van der Waals surface area contributed by atoms with Crippen LogP contribution in [-0.2, 0) is 16.0 Å². The standard InChI is InChI=1S/C15H23NO2S/c17-15(11-13-7-10-19-12-13)16-8-4-9-18-14-5-2-1-3-6-14/h7,10,12,14H,1-6,8-9,11H2,(H,16,17). The van der Waals surface area contributed by atoms with E-state index in [-0.39, 0.29) is 5.91 Å². The van der Waals surface area contributed by atoms with E-state index in [1.54, 1.807) is 11.3 Å². The van der Waals surface area contributed by atoms with E-state index in [2.05, 4.69) is 5.32 Å². The first-order valence-electron chi connectivity index (χ1n) is 7.24. The van der Waals surface area contributed by atoms with Crippen LogP contribution in [0, 0.1) is 0 Å². The number of amides is 1. The Hall–Kier alpha value is -0.870. The van der Waals surface area contributed by atoms with Crippen LogP contribution in [0.15, 0.2) is 16.8 Å². The van der Waals surface area contributed by atoms with Gasteiger partial charge in [0.1, 0.15) is 0 Å². The first kappa shape index (κ1) is 14.5. The third kappa shape index (κ3) is 5.74. The molecule has 0 aliphatic heterocycles. The van der Waals surface area contributed by atoms with Crippen molar-refractivity contribution in [3.05, 3.63) is 22.4 Å². The number of nitrogens with one attached hydrogen (secondary N) is 1. The molecule has 1 saturated carbocycles. The zero-order valence-electron chi connectivity index (χ0n) is 11.4. The van der Waals surface area contributed by atoms with Gasteiger partial charge in [-0.05, 0) is 41.7 Å². The molecular weight excluding hydrogens is 258 g/mol. The molecule has 0 unspecified atom stereocenters. The topological polar surface area (TPSA) is 38.3 Å². The smallest absolute Gasteiger partial charge is 0.224 e. The molecule has 106 valence electrons. The van der Waals surface area contributed by atoms with E-state index in [0.717, 1.165) is 25.1 Å². The van der Waals surface area contributed by atoms with Crippen LogP contribution >= 0.6 is 11.3 Å². The Kier molecular flexibility index (Phi) is 6.37. The number of thiophene rings is 1. The molecule has 2 rings (SSSR count). The summed E-state index contributed by atoms with van der Waals surface area (Å²) in [4.78, 5) is 11.6. The molecule has 19 heavy (non-hydrogen) atoms. The Morgan fingerprint density at radius 3 is 2.95 bits per heavy atom. The van der Waals surface area contributed by atoms with Crippen molar-refractivity contribution in [1.82, 2.24) is 5.32 Å². The molecule has 0 bridgehead atoms. The van der Waals surface area contributed by atoms with Crippen LogP contribution in [0.1, 0.15) is 44.1 Å². The first-order chi connectivity index (χ1) is 9.34. The monoisotopic (exact) mass is 281 g/mol. The Morgan fingerprint density at radius 1 is 1.37 bits per heavy atom. The fourth-order valence-electron chi connectivity index (χ4n) is 2.42. The van der Waals surface area contributed by atoms with Gasteiger partial charge in [0.2, 0.25) is 5.91 Å². The Labute approximate surface area is 119 Å². The lowest BCUT2D eigenvalue weighted by Crippen LogP contribution is -2.27. The molecule has 1 aliphatic rings. The van der Waals surface area contributed by atoms with Crippen molar-refractivity contribution < 1.29 is 9.53 Å². The molecule has 0 spiro atoms. The fourth-order valence-corrected chi connectivity index (χ4v) is 3.09. The van der Waals surface area contributed by atoms with Gasteiger partial charge in [0.25, 0.3) is 0 Å². The zero-order chi connectivity index (χ0) is 13.3. The van der Waals surface area contributed by atoms with E-state index in [1.165, 1.54) is 32.1 Å². The van der Waals surface area contributed by atoms with Gasteiger partial charge in [-0.3, -0.25) is 4.79 Å². The van der Waals surface area contributed by atoms with Gasteiger partial charge in [-0.1, -0.05) is 19.3 Å². The summed E-state index contributed by atoms with van der Waals surface area (Å²) in [5, 5.41) is 6.96. The summed E-state index contributed by atoms with van der Waals surface area (Å²) >= 11 is 1.63. The van der Waals surface area contributed by atoms with Crippen LogP contribution in [0.5, 0.6) is 0 Å². The summed E-state index contributed by atoms with van der Waals surface area (Å²) < 4.78 is 5.82. The van der Waals surface area contributed by atoms with Crippen molar-refractivity contribution in [2.45, 2.75) is 51.0 Å². The molecule has 1 heterocycles. The molecule has 0 radical (unpaired) electrons. The second-order valence-corrected chi connectivity index (χ2v) is 5.92. The van der Waals surface area contributed by atoms with Crippen molar-refractivity contribution in [2.24, 2.45) is 0 Å². The van der Waals surface area contributed by atoms with Crippen molar-refractivity contribution in [1.29, 1.82) is 0 Å². The Bertz CT molecular complexity index is 358. The lowest BCUT2D eigenvalue weighted by Gasteiger charge is -2.21. The van der Waals surface area contributed by atoms with Gasteiger partial charge in [-0.25, -0.2) is 0 Å². The molecule has 1 aromatic heterocycles. The Morgan fingerprint density at radius 2 is 2.21 bits per heavy atom. The predicted molar refractivity (Wildman–Crippen MR) is 78.5 cm³/mol. The van der Waals surface area contributed by atoms with E-state index in [0.29, 0.717) is 12.5 Å². The average molecular weight is 281 g/mol. The van der Waals surface area contributed by atoms with Crippen LogP contribution in [0.3, 0.4) is 0 Å². The molecule has 1 fully saturated rings. The number of hydrogen-bond donors (Lipinski definition) is 1. The van der Waals surface area contributed by atoms with Crippen molar-refractivity contribution in [3.8, 4) is 0 Å². The third-order valence-corrected chi connectivity index (χ3v) is 4.23. The summed E-state index contributed by atoms with van der Waals surface area (Å²) in [6, 6.07) is 2.00. The van der Waals surface area contributed by atoms with E-state index in [1.807, 2.05) is 16.8 Å². The van der Waals surface area contributed by atoms with Crippen LogP contribution in [0.2, 0.25) is 0 Å². The van der Waals surface area contributed by atoms with Crippen LogP contribution in [0.25, 0.3) is 0 Å². The van der Waals surface area contributed by atoms with E-state index in [4.69, 9.17) is 4.74 Å². The number of ether oxygens (including phenoxy) is 1. The second-order valence-electron chi connectivity index (χ2n) is 5.14. The van der Waals surface area contributed by atoms with E-state index < -0.39 is 0 Å². The molecular formula is C15H23NO2S. The minimum absolute atomic E-state index is 0.107. The number of hydrogen-bond acceptors (Lipinski definition) is 3. The van der Waals surface area contributed by atoms with Crippen molar-refractivity contribution in [2.75, 3.05) is 13.2 Å². The molecule has 1 N–H and O–H groups in total. The molecule has 0 saturated heterocycles. The highest BCUT2D eigenvalue weighted by Crippen LogP contribution is 2.20. The minimum Gasteiger partial charge on any atom is -0.378 e. The average Bonchev–Trinajstić information content (AvgIpc) is 2.92. The number of carbonyl (C=O) groups is 1. The van der Waals surface area contributed by atoms with Gasteiger partial charge < -0.3 is 10.1 Å². The number of carbonyl (C=O) groups excluding carboxylic acids is 1. The summed E-state index contributed by atoms with van der Waals surface area (Å²) in [6.45, 7) is 1.49. The zero-order valence-corrected chi connectivity index (χ0v) is 12.2. The molecule has 3 nitrogen and oxygen atoms in total. The maximum Gasteiger partial charge on any atom is 0.224 e. The normalized spacial score (nSPS) is 16.4. The van der Waals surface area contributed by atoms with Gasteiger partial charge in [-0.2, -0.15) is 11.3 Å². The highest BCUT2D eigenvalue weighted by Gasteiger charge is 2.13. The highest BCUT2D eigenvalue weighted by atomic mass is 32.1. The molecule has 1 aromatic rings. The highest BCUT2D eigenvalue weighted by molar-refractivity contribution is 7.07. The Balaban J connectivity index is 1.48. The summed E-state index contributed by atoms with van der Waals surface area (Å²) in [6.07, 6.45) is 8.27.